The molecule has 0 spiro atoms. The summed E-state index contributed by atoms with van der Waals surface area (Å²) in [4.78, 5) is 2.42. The standard InChI is InChI=1S/C14H24N2O/c1-10-8-14(12(3)17-10)11(2)16(4)9-13-6-5-7-15-13/h8,11,13,15H,5-7,9H2,1-4H3. The van der Waals surface area contributed by atoms with E-state index in [4.69, 9.17) is 4.42 Å². The summed E-state index contributed by atoms with van der Waals surface area (Å²) in [6.07, 6.45) is 2.62. The van der Waals surface area contributed by atoms with Crippen molar-refractivity contribution in [1.82, 2.24) is 10.2 Å². The zero-order valence-corrected chi connectivity index (χ0v) is 11.4. The van der Waals surface area contributed by atoms with E-state index in [0.29, 0.717) is 12.1 Å². The Hall–Kier alpha value is -0.800. The van der Waals surface area contributed by atoms with Gasteiger partial charge in [-0.25, -0.2) is 0 Å². The van der Waals surface area contributed by atoms with Crippen molar-refractivity contribution >= 4 is 0 Å². The predicted octanol–water partition coefficient (Wildman–Crippen LogP) is 2.64. The molecule has 17 heavy (non-hydrogen) atoms. The van der Waals surface area contributed by atoms with Crippen molar-refractivity contribution in [1.29, 1.82) is 0 Å². The minimum atomic E-state index is 0.426. The molecule has 1 saturated heterocycles. The molecule has 1 aliphatic rings. The Balaban J connectivity index is 1.98. The van der Waals surface area contributed by atoms with E-state index in [9.17, 15) is 0 Å². The lowest BCUT2D eigenvalue weighted by Crippen LogP contribution is -2.36. The maximum absolute atomic E-state index is 5.61. The summed E-state index contributed by atoms with van der Waals surface area (Å²) in [6.45, 7) is 8.62. The van der Waals surface area contributed by atoms with Gasteiger partial charge in [0.25, 0.3) is 0 Å². The Labute approximate surface area is 104 Å². The lowest BCUT2D eigenvalue weighted by molar-refractivity contribution is 0.236. The van der Waals surface area contributed by atoms with E-state index in [1.807, 2.05) is 6.92 Å². The van der Waals surface area contributed by atoms with Crippen LogP contribution in [0.25, 0.3) is 0 Å². The second-order valence-corrected chi connectivity index (χ2v) is 5.28. The van der Waals surface area contributed by atoms with Crippen LogP contribution in [-0.2, 0) is 0 Å². The lowest BCUT2D eigenvalue weighted by Gasteiger charge is -2.27. The fraction of sp³-hybridized carbons (Fsp3) is 0.714. The Bertz CT molecular complexity index is 366. The first-order valence-corrected chi connectivity index (χ1v) is 6.58. The third-order valence-corrected chi connectivity index (χ3v) is 3.86. The second kappa shape index (κ2) is 5.23. The first kappa shape index (κ1) is 12.7. The average Bonchev–Trinajstić information content (AvgIpc) is 2.87. The van der Waals surface area contributed by atoms with E-state index in [-0.39, 0.29) is 0 Å². The molecule has 1 aliphatic heterocycles. The van der Waals surface area contributed by atoms with Gasteiger partial charge in [-0.05, 0) is 53.3 Å². The highest BCUT2D eigenvalue weighted by molar-refractivity contribution is 5.23. The Kier molecular flexibility index (Phi) is 3.89. The molecule has 96 valence electrons. The minimum absolute atomic E-state index is 0.426. The van der Waals surface area contributed by atoms with E-state index in [2.05, 4.69) is 37.2 Å². The summed E-state index contributed by atoms with van der Waals surface area (Å²) >= 11 is 0. The molecule has 0 radical (unpaired) electrons. The fourth-order valence-corrected chi connectivity index (χ4v) is 2.72. The molecule has 2 unspecified atom stereocenters. The molecule has 0 amide bonds. The van der Waals surface area contributed by atoms with Crippen molar-refractivity contribution in [3.63, 3.8) is 0 Å². The van der Waals surface area contributed by atoms with Gasteiger partial charge in [0.15, 0.2) is 0 Å². The minimum Gasteiger partial charge on any atom is -0.466 e. The summed E-state index contributed by atoms with van der Waals surface area (Å²) in [5.41, 5.74) is 1.32. The van der Waals surface area contributed by atoms with Gasteiger partial charge in [-0.1, -0.05) is 0 Å². The molecule has 2 atom stereocenters. The molecule has 0 bridgehead atoms. The Morgan fingerprint density at radius 3 is 2.82 bits per heavy atom. The van der Waals surface area contributed by atoms with Crippen molar-refractivity contribution in [3.8, 4) is 0 Å². The van der Waals surface area contributed by atoms with Gasteiger partial charge in [-0.2, -0.15) is 0 Å². The van der Waals surface area contributed by atoms with Crippen molar-refractivity contribution in [3.05, 3.63) is 23.2 Å². The highest BCUT2D eigenvalue weighted by atomic mass is 16.3. The highest BCUT2D eigenvalue weighted by Gasteiger charge is 2.21. The first-order valence-electron chi connectivity index (χ1n) is 6.58. The van der Waals surface area contributed by atoms with Crippen LogP contribution in [0.2, 0.25) is 0 Å². The van der Waals surface area contributed by atoms with Crippen LogP contribution in [-0.4, -0.2) is 31.1 Å². The molecular weight excluding hydrogens is 212 g/mol. The fourth-order valence-electron chi connectivity index (χ4n) is 2.72. The summed E-state index contributed by atoms with van der Waals surface area (Å²) in [7, 11) is 2.20. The van der Waals surface area contributed by atoms with E-state index in [1.165, 1.54) is 24.9 Å². The molecule has 3 nitrogen and oxygen atoms in total. The quantitative estimate of drug-likeness (QED) is 0.871. The number of furan rings is 1. The number of nitrogens with zero attached hydrogens (tertiary/aromatic N) is 1. The van der Waals surface area contributed by atoms with E-state index in [1.54, 1.807) is 0 Å². The lowest BCUT2D eigenvalue weighted by atomic mass is 10.1. The summed E-state index contributed by atoms with van der Waals surface area (Å²) in [6, 6.07) is 3.25. The van der Waals surface area contributed by atoms with Crippen LogP contribution in [0.3, 0.4) is 0 Å². The van der Waals surface area contributed by atoms with Crippen LogP contribution < -0.4 is 5.32 Å². The van der Waals surface area contributed by atoms with Gasteiger partial charge >= 0.3 is 0 Å². The molecule has 3 heteroatoms. The predicted molar refractivity (Wildman–Crippen MR) is 70.3 cm³/mol. The first-order chi connectivity index (χ1) is 8.08. The Morgan fingerprint density at radius 2 is 2.29 bits per heavy atom. The third-order valence-electron chi connectivity index (χ3n) is 3.86. The van der Waals surface area contributed by atoms with Crippen LogP contribution in [0.1, 0.15) is 42.9 Å². The number of nitrogens with one attached hydrogen (secondary N) is 1. The van der Waals surface area contributed by atoms with Crippen LogP contribution in [0, 0.1) is 13.8 Å². The van der Waals surface area contributed by atoms with Gasteiger partial charge in [0.2, 0.25) is 0 Å². The van der Waals surface area contributed by atoms with Gasteiger partial charge in [0.1, 0.15) is 11.5 Å². The summed E-state index contributed by atoms with van der Waals surface area (Å²) in [5.74, 6) is 2.07. The van der Waals surface area contributed by atoms with Gasteiger partial charge in [-0.15, -0.1) is 0 Å². The number of hydrogen-bond donors (Lipinski definition) is 1. The molecule has 1 fully saturated rings. The molecule has 0 saturated carbocycles. The van der Waals surface area contributed by atoms with Crippen LogP contribution >= 0.6 is 0 Å². The highest BCUT2D eigenvalue weighted by Crippen LogP contribution is 2.25. The molecule has 1 N–H and O–H groups in total. The van der Waals surface area contributed by atoms with E-state index >= 15 is 0 Å². The van der Waals surface area contributed by atoms with Crippen LogP contribution in [0.15, 0.2) is 10.5 Å². The number of aryl methyl sites for hydroxylation is 2. The van der Waals surface area contributed by atoms with Gasteiger partial charge in [0, 0.05) is 24.2 Å². The monoisotopic (exact) mass is 236 g/mol. The number of likely N-dealkylation sites (N-methyl/N-ethyl adjacent to an activating group) is 1. The topological polar surface area (TPSA) is 28.4 Å². The smallest absolute Gasteiger partial charge is 0.105 e. The molecule has 2 rings (SSSR count). The van der Waals surface area contributed by atoms with E-state index in [0.717, 1.165) is 18.1 Å². The number of rotatable bonds is 4. The van der Waals surface area contributed by atoms with Crippen molar-refractivity contribution < 1.29 is 4.42 Å². The van der Waals surface area contributed by atoms with Crippen molar-refractivity contribution in [2.75, 3.05) is 20.1 Å². The summed E-state index contributed by atoms with van der Waals surface area (Å²) < 4.78 is 5.61. The van der Waals surface area contributed by atoms with Crippen molar-refractivity contribution in [2.45, 2.75) is 45.7 Å². The van der Waals surface area contributed by atoms with Gasteiger partial charge in [-0.3, -0.25) is 4.90 Å². The van der Waals surface area contributed by atoms with Crippen LogP contribution in [0.5, 0.6) is 0 Å². The van der Waals surface area contributed by atoms with Gasteiger partial charge < -0.3 is 9.73 Å². The average molecular weight is 236 g/mol. The maximum atomic E-state index is 5.61. The molecule has 1 aromatic heterocycles. The normalized spacial score (nSPS) is 22.3. The van der Waals surface area contributed by atoms with Gasteiger partial charge in [0.05, 0.1) is 0 Å². The second-order valence-electron chi connectivity index (χ2n) is 5.28. The SMILES string of the molecule is Cc1cc(C(C)N(C)CC2CCCN2)c(C)o1. The molecule has 2 heterocycles. The molecular formula is C14H24N2O. The zero-order valence-electron chi connectivity index (χ0n) is 11.4. The summed E-state index contributed by atoms with van der Waals surface area (Å²) in [5, 5.41) is 3.55. The molecule has 0 aliphatic carbocycles. The van der Waals surface area contributed by atoms with Crippen LogP contribution in [0.4, 0.5) is 0 Å². The third kappa shape index (κ3) is 2.90. The van der Waals surface area contributed by atoms with Crippen molar-refractivity contribution in [2.24, 2.45) is 0 Å². The number of hydrogen-bond acceptors (Lipinski definition) is 3. The molecule has 1 aromatic rings. The Morgan fingerprint density at radius 1 is 1.53 bits per heavy atom. The zero-order chi connectivity index (χ0) is 12.4. The largest absolute Gasteiger partial charge is 0.466 e. The van der Waals surface area contributed by atoms with E-state index < -0.39 is 0 Å². The maximum Gasteiger partial charge on any atom is 0.105 e. The molecule has 0 aromatic carbocycles.